The molecule has 1 saturated carbocycles. The van der Waals surface area contributed by atoms with Crippen molar-refractivity contribution in [2.45, 2.75) is 18.4 Å². The maximum Gasteiger partial charge on any atom is 0.0794 e. The molecular weight excluding hydrogens is 132 g/mol. The Morgan fingerprint density at radius 3 is 3.00 bits per heavy atom. The monoisotopic (exact) mass is 140 g/mol. The molecule has 0 bridgehead atoms. The van der Waals surface area contributed by atoms with E-state index in [9.17, 15) is 0 Å². The van der Waals surface area contributed by atoms with E-state index in [4.69, 9.17) is 5.73 Å². The lowest BCUT2D eigenvalue weighted by Gasteiger charge is -1.84. The fourth-order valence-corrected chi connectivity index (χ4v) is 1.76. The van der Waals surface area contributed by atoms with Gasteiger partial charge in [-0.05, 0) is 6.42 Å². The van der Waals surface area contributed by atoms with Crippen LogP contribution in [0, 0.1) is 0 Å². The molecule has 3 heteroatoms. The molecule has 0 saturated heterocycles. The van der Waals surface area contributed by atoms with E-state index >= 15 is 0 Å². The highest BCUT2D eigenvalue weighted by Gasteiger charge is 2.35. The van der Waals surface area contributed by atoms with Crippen molar-refractivity contribution < 1.29 is 0 Å². The normalized spacial score (nSPS) is 32.6. The van der Waals surface area contributed by atoms with E-state index in [1.54, 1.807) is 11.3 Å². The van der Waals surface area contributed by atoms with E-state index in [2.05, 4.69) is 4.98 Å². The Kier molecular flexibility index (Phi) is 1.07. The molecule has 1 aliphatic rings. The minimum absolute atomic E-state index is 0.422. The van der Waals surface area contributed by atoms with E-state index in [0.29, 0.717) is 12.0 Å². The molecule has 1 aromatic heterocycles. The molecule has 1 aliphatic carbocycles. The van der Waals surface area contributed by atoms with Crippen molar-refractivity contribution in [2.75, 3.05) is 0 Å². The first-order valence-corrected chi connectivity index (χ1v) is 3.90. The molecule has 2 N–H and O–H groups in total. The molecule has 9 heavy (non-hydrogen) atoms. The SMILES string of the molecule is N[C@H]1CC1c1cncs1. The molecule has 0 aliphatic heterocycles. The lowest BCUT2D eigenvalue weighted by atomic mass is 10.4. The molecule has 0 radical (unpaired) electrons. The van der Waals surface area contributed by atoms with Crippen LogP contribution in [0.25, 0.3) is 0 Å². The highest BCUT2D eigenvalue weighted by molar-refractivity contribution is 7.09. The molecule has 1 unspecified atom stereocenters. The number of aromatic nitrogens is 1. The molecular formula is C6H8N2S. The maximum absolute atomic E-state index is 5.64. The minimum atomic E-state index is 0.422. The van der Waals surface area contributed by atoms with Crippen LogP contribution in [0.2, 0.25) is 0 Å². The molecule has 1 fully saturated rings. The van der Waals surface area contributed by atoms with Crippen molar-refractivity contribution in [3.8, 4) is 0 Å². The van der Waals surface area contributed by atoms with Gasteiger partial charge in [-0.25, -0.2) is 0 Å². The van der Waals surface area contributed by atoms with Crippen molar-refractivity contribution >= 4 is 11.3 Å². The van der Waals surface area contributed by atoms with Gasteiger partial charge in [-0.2, -0.15) is 0 Å². The van der Waals surface area contributed by atoms with Gasteiger partial charge in [-0.15, -0.1) is 11.3 Å². The first-order chi connectivity index (χ1) is 4.38. The number of hydrogen-bond acceptors (Lipinski definition) is 3. The lowest BCUT2D eigenvalue weighted by molar-refractivity contribution is 1.00. The minimum Gasteiger partial charge on any atom is -0.327 e. The summed E-state index contributed by atoms with van der Waals surface area (Å²) in [6, 6.07) is 0.422. The summed E-state index contributed by atoms with van der Waals surface area (Å²) in [6.45, 7) is 0. The molecule has 2 nitrogen and oxygen atoms in total. The third kappa shape index (κ3) is 0.862. The Balaban J connectivity index is 2.18. The number of nitrogens with two attached hydrogens (primary N) is 1. The standard InChI is InChI=1S/C6H8N2S/c7-5-1-4(5)6-2-8-3-9-6/h2-5H,1,7H2/t4?,5-/m0/s1. The molecule has 1 heterocycles. The van der Waals surface area contributed by atoms with Crippen LogP contribution in [-0.2, 0) is 0 Å². The van der Waals surface area contributed by atoms with Gasteiger partial charge in [0.2, 0.25) is 0 Å². The summed E-state index contributed by atoms with van der Waals surface area (Å²) < 4.78 is 0. The van der Waals surface area contributed by atoms with Crippen LogP contribution in [-0.4, -0.2) is 11.0 Å². The van der Waals surface area contributed by atoms with Crippen LogP contribution < -0.4 is 5.73 Å². The fourth-order valence-electron chi connectivity index (χ4n) is 0.951. The third-order valence-corrected chi connectivity index (χ3v) is 2.56. The Hall–Kier alpha value is -0.410. The van der Waals surface area contributed by atoms with Gasteiger partial charge >= 0.3 is 0 Å². The van der Waals surface area contributed by atoms with Crippen molar-refractivity contribution in [3.05, 3.63) is 16.6 Å². The van der Waals surface area contributed by atoms with Crippen molar-refractivity contribution in [1.29, 1.82) is 0 Å². The van der Waals surface area contributed by atoms with Gasteiger partial charge in [0, 0.05) is 23.0 Å². The van der Waals surface area contributed by atoms with Crippen LogP contribution in [0.5, 0.6) is 0 Å². The summed E-state index contributed by atoms with van der Waals surface area (Å²) in [5.41, 5.74) is 7.50. The molecule has 2 atom stereocenters. The van der Waals surface area contributed by atoms with Gasteiger partial charge in [-0.3, -0.25) is 4.98 Å². The Bertz CT molecular complexity index is 195. The van der Waals surface area contributed by atoms with Crippen LogP contribution in [0.15, 0.2) is 11.7 Å². The third-order valence-electron chi connectivity index (χ3n) is 1.66. The predicted octanol–water partition coefficient (Wildman–Crippen LogP) is 0.958. The topological polar surface area (TPSA) is 38.9 Å². The van der Waals surface area contributed by atoms with Gasteiger partial charge in [0.25, 0.3) is 0 Å². The van der Waals surface area contributed by atoms with Crippen molar-refractivity contribution in [2.24, 2.45) is 5.73 Å². The van der Waals surface area contributed by atoms with E-state index < -0.39 is 0 Å². The Morgan fingerprint density at radius 2 is 2.56 bits per heavy atom. The van der Waals surface area contributed by atoms with E-state index in [0.717, 1.165) is 6.42 Å². The molecule has 0 aromatic carbocycles. The number of rotatable bonds is 1. The second-order valence-electron chi connectivity index (χ2n) is 2.41. The van der Waals surface area contributed by atoms with Crippen LogP contribution in [0.3, 0.4) is 0 Å². The van der Waals surface area contributed by atoms with Gasteiger partial charge in [-0.1, -0.05) is 0 Å². The average molecular weight is 140 g/mol. The first kappa shape index (κ1) is 5.38. The lowest BCUT2D eigenvalue weighted by Crippen LogP contribution is -1.99. The summed E-state index contributed by atoms with van der Waals surface area (Å²) in [6.07, 6.45) is 3.07. The molecule has 48 valence electrons. The second kappa shape index (κ2) is 1.78. The zero-order valence-electron chi connectivity index (χ0n) is 4.95. The second-order valence-corrected chi connectivity index (χ2v) is 3.33. The zero-order valence-corrected chi connectivity index (χ0v) is 5.77. The summed E-state index contributed by atoms with van der Waals surface area (Å²) >= 11 is 1.71. The van der Waals surface area contributed by atoms with E-state index in [1.807, 2.05) is 11.7 Å². The maximum atomic E-state index is 5.64. The van der Waals surface area contributed by atoms with Crippen LogP contribution in [0.4, 0.5) is 0 Å². The van der Waals surface area contributed by atoms with Crippen molar-refractivity contribution in [1.82, 2.24) is 4.98 Å². The fraction of sp³-hybridized carbons (Fsp3) is 0.500. The van der Waals surface area contributed by atoms with Gasteiger partial charge in [0.05, 0.1) is 5.51 Å². The summed E-state index contributed by atoms with van der Waals surface area (Å²) in [5, 5.41) is 0. The van der Waals surface area contributed by atoms with Crippen LogP contribution >= 0.6 is 11.3 Å². The summed E-state index contributed by atoms with van der Waals surface area (Å²) in [5.74, 6) is 0.637. The molecule has 1 aromatic rings. The van der Waals surface area contributed by atoms with Gasteiger partial charge in [0.15, 0.2) is 0 Å². The molecule has 0 spiro atoms. The van der Waals surface area contributed by atoms with Crippen molar-refractivity contribution in [3.63, 3.8) is 0 Å². The summed E-state index contributed by atoms with van der Waals surface area (Å²) in [4.78, 5) is 5.33. The Morgan fingerprint density at radius 1 is 1.78 bits per heavy atom. The van der Waals surface area contributed by atoms with Crippen LogP contribution in [0.1, 0.15) is 17.2 Å². The Labute approximate surface area is 57.7 Å². The molecule has 2 rings (SSSR count). The smallest absolute Gasteiger partial charge is 0.0794 e. The largest absolute Gasteiger partial charge is 0.327 e. The van der Waals surface area contributed by atoms with Gasteiger partial charge < -0.3 is 5.73 Å². The first-order valence-electron chi connectivity index (χ1n) is 3.02. The number of thiazole rings is 1. The van der Waals surface area contributed by atoms with Gasteiger partial charge in [0.1, 0.15) is 0 Å². The van der Waals surface area contributed by atoms with E-state index in [-0.39, 0.29) is 0 Å². The zero-order chi connectivity index (χ0) is 6.27. The summed E-state index contributed by atoms with van der Waals surface area (Å²) in [7, 11) is 0. The number of hydrogen-bond donors (Lipinski definition) is 1. The number of nitrogens with zero attached hydrogens (tertiary/aromatic N) is 1. The van der Waals surface area contributed by atoms with E-state index in [1.165, 1.54) is 4.88 Å². The highest BCUT2D eigenvalue weighted by atomic mass is 32.1. The quantitative estimate of drug-likeness (QED) is 0.631. The predicted molar refractivity (Wildman–Crippen MR) is 37.4 cm³/mol. The highest BCUT2D eigenvalue weighted by Crippen LogP contribution is 2.40. The molecule has 0 amide bonds. The average Bonchev–Trinajstić information content (AvgIpc) is 2.44.